The molecule has 0 spiro atoms. The molecule has 34 heavy (non-hydrogen) atoms. The first kappa shape index (κ1) is 21.5. The Morgan fingerprint density at radius 2 is 1.88 bits per heavy atom. The van der Waals surface area contributed by atoms with E-state index in [1.54, 1.807) is 41.5 Å². The van der Waals surface area contributed by atoms with Gasteiger partial charge in [-0.1, -0.05) is 24.3 Å². The van der Waals surface area contributed by atoms with E-state index in [4.69, 9.17) is 9.41 Å². The second-order valence-corrected chi connectivity index (χ2v) is 8.48. The second-order valence-electron chi connectivity index (χ2n) is 7.47. The van der Waals surface area contributed by atoms with Crippen LogP contribution >= 0.6 is 11.8 Å². The highest BCUT2D eigenvalue weighted by atomic mass is 32.2. The number of thioether (sulfide) groups is 1. The first-order valence-corrected chi connectivity index (χ1v) is 11.3. The minimum absolute atomic E-state index is 0.178. The average molecular weight is 470 g/mol. The Balaban J connectivity index is 1.51. The van der Waals surface area contributed by atoms with Gasteiger partial charge in [-0.25, -0.2) is 9.79 Å². The Labute approximate surface area is 199 Å². The summed E-state index contributed by atoms with van der Waals surface area (Å²) in [4.78, 5) is 31.6. The van der Waals surface area contributed by atoms with Crippen molar-refractivity contribution in [2.75, 3.05) is 0 Å². The Bertz CT molecular complexity index is 1400. The zero-order valence-electron chi connectivity index (χ0n) is 17.9. The number of carbonyl (C=O) groups is 2. The number of aromatic nitrogens is 1. The SMILES string of the molecule is O=C(O)c1cccc(-n2cccc2C=C2SC(=Nc3ccccc3)N(Cc3ccco3)C2=O)c1. The van der Waals surface area contributed by atoms with Gasteiger partial charge >= 0.3 is 5.97 Å². The lowest BCUT2D eigenvalue weighted by molar-refractivity contribution is -0.122. The topological polar surface area (TPSA) is 88.0 Å². The number of amidine groups is 1. The number of aromatic carboxylic acids is 1. The van der Waals surface area contributed by atoms with Gasteiger partial charge < -0.3 is 14.1 Å². The number of aliphatic imine (C=N–C) groups is 1. The van der Waals surface area contributed by atoms with Crippen LogP contribution in [0.3, 0.4) is 0 Å². The molecule has 4 aromatic rings. The Morgan fingerprint density at radius 1 is 1.03 bits per heavy atom. The van der Waals surface area contributed by atoms with Crippen molar-refractivity contribution < 1.29 is 19.1 Å². The second kappa shape index (κ2) is 9.29. The summed E-state index contributed by atoms with van der Waals surface area (Å²) < 4.78 is 7.30. The van der Waals surface area contributed by atoms with Crippen LogP contribution in [0.25, 0.3) is 11.8 Å². The molecule has 2 aromatic heterocycles. The predicted octanol–water partition coefficient (Wildman–Crippen LogP) is 5.57. The van der Waals surface area contributed by atoms with Gasteiger partial charge in [0.2, 0.25) is 0 Å². The molecule has 5 rings (SSSR count). The Morgan fingerprint density at radius 3 is 2.65 bits per heavy atom. The molecule has 1 saturated heterocycles. The molecular formula is C26H19N3O4S. The van der Waals surface area contributed by atoms with E-state index in [0.717, 1.165) is 11.4 Å². The van der Waals surface area contributed by atoms with Crippen LogP contribution in [0.2, 0.25) is 0 Å². The van der Waals surface area contributed by atoms with Gasteiger partial charge in [-0.05, 0) is 72.4 Å². The molecule has 1 N–H and O–H groups in total. The van der Waals surface area contributed by atoms with Crippen molar-refractivity contribution >= 4 is 40.6 Å². The quantitative estimate of drug-likeness (QED) is 0.373. The van der Waals surface area contributed by atoms with Gasteiger partial charge in [-0.15, -0.1) is 0 Å². The summed E-state index contributed by atoms with van der Waals surface area (Å²) in [5, 5.41) is 9.89. The number of hydrogen-bond acceptors (Lipinski definition) is 5. The average Bonchev–Trinajstić information content (AvgIpc) is 3.59. The van der Waals surface area contributed by atoms with E-state index in [-0.39, 0.29) is 18.0 Å². The third-order valence-electron chi connectivity index (χ3n) is 5.19. The molecule has 1 amide bonds. The van der Waals surface area contributed by atoms with Crippen LogP contribution in [0.15, 0.2) is 106 Å². The van der Waals surface area contributed by atoms with E-state index < -0.39 is 5.97 Å². The number of benzene rings is 2. The minimum atomic E-state index is -0.995. The van der Waals surface area contributed by atoms with Crippen molar-refractivity contribution in [1.29, 1.82) is 0 Å². The number of para-hydroxylation sites is 1. The summed E-state index contributed by atoms with van der Waals surface area (Å²) in [5.41, 5.74) is 2.38. The largest absolute Gasteiger partial charge is 0.478 e. The van der Waals surface area contributed by atoms with E-state index in [1.165, 1.54) is 11.8 Å². The molecule has 0 aliphatic carbocycles. The number of carboxylic acids is 1. The maximum atomic E-state index is 13.4. The smallest absolute Gasteiger partial charge is 0.335 e. The summed E-state index contributed by atoms with van der Waals surface area (Å²) in [6.07, 6.45) is 5.20. The van der Waals surface area contributed by atoms with Crippen molar-refractivity contribution in [1.82, 2.24) is 9.47 Å². The lowest BCUT2D eigenvalue weighted by atomic mass is 10.2. The number of rotatable bonds is 6. The van der Waals surface area contributed by atoms with E-state index in [0.29, 0.717) is 21.5 Å². The predicted molar refractivity (Wildman–Crippen MR) is 131 cm³/mol. The zero-order chi connectivity index (χ0) is 23.5. The molecule has 0 radical (unpaired) electrons. The van der Waals surface area contributed by atoms with Crippen LogP contribution < -0.4 is 0 Å². The van der Waals surface area contributed by atoms with Gasteiger partial charge in [-0.3, -0.25) is 9.69 Å². The summed E-state index contributed by atoms with van der Waals surface area (Å²) in [6, 6.07) is 23.5. The van der Waals surface area contributed by atoms with Crippen molar-refractivity contribution in [2.24, 2.45) is 4.99 Å². The molecule has 2 aromatic carbocycles. The van der Waals surface area contributed by atoms with E-state index in [1.807, 2.05) is 65.4 Å². The van der Waals surface area contributed by atoms with Crippen LogP contribution in [0.1, 0.15) is 21.8 Å². The van der Waals surface area contributed by atoms with Gasteiger partial charge in [0.25, 0.3) is 5.91 Å². The summed E-state index contributed by atoms with van der Waals surface area (Å²) in [6.45, 7) is 0.267. The van der Waals surface area contributed by atoms with Crippen LogP contribution in [0.4, 0.5) is 5.69 Å². The molecule has 168 valence electrons. The number of amides is 1. The Hall–Kier alpha value is -4.30. The molecule has 7 nitrogen and oxygen atoms in total. The molecule has 1 fully saturated rings. The van der Waals surface area contributed by atoms with Crippen molar-refractivity contribution in [3.05, 3.63) is 113 Å². The third kappa shape index (κ3) is 4.44. The van der Waals surface area contributed by atoms with Gasteiger partial charge in [0.1, 0.15) is 5.76 Å². The number of carbonyl (C=O) groups excluding carboxylic acids is 1. The standard InChI is InChI=1S/C26H19N3O4S/c30-24-23(16-21-11-5-13-28(21)20-10-4-7-18(15-20)25(31)32)34-26(27-19-8-2-1-3-9-19)29(24)17-22-12-6-14-33-22/h1-16H,17H2,(H,31,32). The number of hydrogen-bond donors (Lipinski definition) is 1. The molecule has 8 heteroatoms. The lowest BCUT2D eigenvalue weighted by Gasteiger charge is -2.13. The maximum absolute atomic E-state index is 13.4. The van der Waals surface area contributed by atoms with Crippen LogP contribution in [0, 0.1) is 0 Å². The molecule has 0 atom stereocenters. The van der Waals surface area contributed by atoms with Crippen LogP contribution in [-0.4, -0.2) is 31.6 Å². The van der Waals surface area contributed by atoms with E-state index in [9.17, 15) is 14.7 Å². The van der Waals surface area contributed by atoms with Gasteiger partial charge in [0.15, 0.2) is 5.17 Å². The van der Waals surface area contributed by atoms with E-state index in [2.05, 4.69) is 0 Å². The fourth-order valence-electron chi connectivity index (χ4n) is 3.57. The highest BCUT2D eigenvalue weighted by molar-refractivity contribution is 8.18. The summed E-state index contributed by atoms with van der Waals surface area (Å²) >= 11 is 1.29. The van der Waals surface area contributed by atoms with Crippen molar-refractivity contribution in [3.63, 3.8) is 0 Å². The lowest BCUT2D eigenvalue weighted by Crippen LogP contribution is -2.28. The minimum Gasteiger partial charge on any atom is -0.478 e. The van der Waals surface area contributed by atoms with Crippen LogP contribution in [0.5, 0.6) is 0 Å². The normalized spacial score (nSPS) is 16.0. The molecular weight excluding hydrogens is 450 g/mol. The molecule has 0 bridgehead atoms. The van der Waals surface area contributed by atoms with E-state index >= 15 is 0 Å². The highest BCUT2D eigenvalue weighted by Gasteiger charge is 2.34. The maximum Gasteiger partial charge on any atom is 0.335 e. The van der Waals surface area contributed by atoms with Crippen molar-refractivity contribution in [3.8, 4) is 5.69 Å². The van der Waals surface area contributed by atoms with Gasteiger partial charge in [-0.2, -0.15) is 0 Å². The summed E-state index contributed by atoms with van der Waals surface area (Å²) in [5.74, 6) is -0.515. The van der Waals surface area contributed by atoms with Crippen LogP contribution in [-0.2, 0) is 11.3 Å². The Kier molecular flexibility index (Phi) is 5.88. The van der Waals surface area contributed by atoms with Gasteiger partial charge in [0, 0.05) is 17.6 Å². The molecule has 0 saturated carbocycles. The fourth-order valence-corrected chi connectivity index (χ4v) is 4.55. The number of furan rings is 1. The number of carboxylic acid groups (broad SMARTS) is 1. The first-order valence-electron chi connectivity index (χ1n) is 10.5. The highest BCUT2D eigenvalue weighted by Crippen LogP contribution is 2.35. The zero-order valence-corrected chi connectivity index (χ0v) is 18.7. The van der Waals surface area contributed by atoms with Crippen molar-refractivity contribution in [2.45, 2.75) is 6.54 Å². The molecule has 3 heterocycles. The first-order chi connectivity index (χ1) is 16.6. The van der Waals surface area contributed by atoms with Gasteiger partial charge in [0.05, 0.1) is 29.0 Å². The summed E-state index contributed by atoms with van der Waals surface area (Å²) in [7, 11) is 0. The molecule has 0 unspecified atom stereocenters. The monoisotopic (exact) mass is 469 g/mol. The fraction of sp³-hybridized carbons (Fsp3) is 0.0385. The number of nitrogens with zero attached hydrogens (tertiary/aromatic N) is 3. The third-order valence-corrected chi connectivity index (χ3v) is 6.20. The molecule has 1 aliphatic rings. The molecule has 1 aliphatic heterocycles.